The number of hydrogen-bond donors (Lipinski definition) is 1. The minimum Gasteiger partial charge on any atom is -0.389 e. The molecule has 0 radical (unpaired) electrons. The molecule has 0 aliphatic rings. The number of amides is 1. The van der Waals surface area contributed by atoms with Gasteiger partial charge in [0.1, 0.15) is 0 Å². The van der Waals surface area contributed by atoms with E-state index in [2.05, 4.69) is 0 Å². The quantitative estimate of drug-likeness (QED) is 0.747. The van der Waals surface area contributed by atoms with E-state index in [-0.39, 0.29) is 19.1 Å². The number of likely N-dealkylation sites (N-methyl/N-ethyl adjacent to an activating group) is 1. The van der Waals surface area contributed by atoms with E-state index in [1.165, 1.54) is 12.0 Å². The van der Waals surface area contributed by atoms with Gasteiger partial charge in [0.25, 0.3) is 0 Å². The Labute approximate surface area is 129 Å². The van der Waals surface area contributed by atoms with E-state index in [0.717, 1.165) is 4.90 Å². The number of hydrogen-bond acceptors (Lipinski definition) is 4. The Bertz CT molecular complexity index is 431. The zero-order valence-electron chi connectivity index (χ0n) is 11.7. The lowest BCUT2D eigenvalue weighted by molar-refractivity contribution is -0.131. The topological polar surface area (TPSA) is 49.8 Å². The number of aliphatic hydroxyl groups excluding tert-OH is 1. The summed E-state index contributed by atoms with van der Waals surface area (Å²) >= 11 is 7.60. The summed E-state index contributed by atoms with van der Waals surface area (Å²) < 4.78 is 4.83. The Hall–Kier alpha value is -0.750. The SMILES string of the molecule is COCC(O)CN(C)C(=O)CCSc1ccccc1Cl. The fourth-order valence-electron chi connectivity index (χ4n) is 1.66. The second-order valence-corrected chi connectivity index (χ2v) is 5.96. The zero-order chi connectivity index (χ0) is 15.0. The van der Waals surface area contributed by atoms with Crippen LogP contribution in [0.4, 0.5) is 0 Å². The fourth-order valence-corrected chi connectivity index (χ4v) is 2.84. The van der Waals surface area contributed by atoms with Gasteiger partial charge >= 0.3 is 0 Å². The number of halogens is 1. The normalized spacial score (nSPS) is 12.2. The first-order valence-electron chi connectivity index (χ1n) is 6.33. The van der Waals surface area contributed by atoms with Gasteiger partial charge in [-0.05, 0) is 12.1 Å². The Balaban J connectivity index is 2.31. The van der Waals surface area contributed by atoms with Gasteiger partial charge < -0.3 is 14.7 Å². The van der Waals surface area contributed by atoms with Crippen LogP contribution in [-0.2, 0) is 9.53 Å². The first-order valence-corrected chi connectivity index (χ1v) is 7.69. The predicted molar refractivity (Wildman–Crippen MR) is 82.3 cm³/mol. The lowest BCUT2D eigenvalue weighted by atomic mass is 10.3. The molecule has 0 aliphatic heterocycles. The number of rotatable bonds is 8. The van der Waals surface area contributed by atoms with Crippen LogP contribution in [0.1, 0.15) is 6.42 Å². The molecule has 0 aliphatic carbocycles. The van der Waals surface area contributed by atoms with Crippen molar-refractivity contribution in [2.45, 2.75) is 17.4 Å². The molecule has 4 nitrogen and oxygen atoms in total. The fraction of sp³-hybridized carbons (Fsp3) is 0.500. The molecule has 0 spiro atoms. The molecule has 1 rings (SSSR count). The largest absolute Gasteiger partial charge is 0.389 e. The molecule has 0 heterocycles. The van der Waals surface area contributed by atoms with Crippen molar-refractivity contribution < 1.29 is 14.6 Å². The molecule has 0 saturated heterocycles. The van der Waals surface area contributed by atoms with Crippen LogP contribution in [-0.4, -0.2) is 55.1 Å². The molecule has 0 bridgehead atoms. The van der Waals surface area contributed by atoms with Crippen molar-refractivity contribution in [3.05, 3.63) is 29.3 Å². The molecule has 0 fully saturated rings. The number of methoxy groups -OCH3 is 1. The van der Waals surface area contributed by atoms with Gasteiger partial charge in [-0.1, -0.05) is 23.7 Å². The maximum Gasteiger partial charge on any atom is 0.223 e. The third-order valence-electron chi connectivity index (χ3n) is 2.68. The molecule has 0 aromatic heterocycles. The van der Waals surface area contributed by atoms with Crippen LogP contribution in [0, 0.1) is 0 Å². The average Bonchev–Trinajstić information content (AvgIpc) is 2.41. The van der Waals surface area contributed by atoms with Crippen molar-refractivity contribution in [1.29, 1.82) is 0 Å². The summed E-state index contributed by atoms with van der Waals surface area (Å²) in [6, 6.07) is 7.56. The number of thioether (sulfide) groups is 1. The summed E-state index contributed by atoms with van der Waals surface area (Å²) in [5.41, 5.74) is 0. The number of benzene rings is 1. The molecule has 1 amide bonds. The van der Waals surface area contributed by atoms with Gasteiger partial charge in [-0.3, -0.25) is 4.79 Å². The summed E-state index contributed by atoms with van der Waals surface area (Å²) in [5, 5.41) is 10.3. The summed E-state index contributed by atoms with van der Waals surface area (Å²) in [4.78, 5) is 14.4. The van der Waals surface area contributed by atoms with Crippen LogP contribution in [0.5, 0.6) is 0 Å². The van der Waals surface area contributed by atoms with E-state index < -0.39 is 6.10 Å². The van der Waals surface area contributed by atoms with Crippen molar-refractivity contribution in [3.8, 4) is 0 Å². The van der Waals surface area contributed by atoms with Crippen molar-refractivity contribution >= 4 is 29.3 Å². The third-order valence-corrected chi connectivity index (χ3v) is 4.20. The molecule has 1 unspecified atom stereocenters. The molecule has 0 saturated carbocycles. The average molecular weight is 318 g/mol. The predicted octanol–water partition coefficient (Wildman–Crippen LogP) is 2.29. The standard InChI is InChI=1S/C14H20ClNO3S/c1-16(9-11(17)10-19-2)14(18)7-8-20-13-6-4-3-5-12(13)15/h3-6,11,17H,7-10H2,1-2H3. The second kappa shape index (κ2) is 9.23. The Morgan fingerprint density at radius 1 is 1.50 bits per heavy atom. The number of carbonyl (C=O) groups is 1. The Morgan fingerprint density at radius 2 is 2.20 bits per heavy atom. The van der Waals surface area contributed by atoms with Gasteiger partial charge in [-0.15, -0.1) is 11.8 Å². The minimum atomic E-state index is -0.648. The van der Waals surface area contributed by atoms with E-state index in [4.69, 9.17) is 16.3 Å². The van der Waals surface area contributed by atoms with E-state index in [9.17, 15) is 9.90 Å². The number of aliphatic hydroxyl groups is 1. The smallest absolute Gasteiger partial charge is 0.223 e. The monoisotopic (exact) mass is 317 g/mol. The lowest BCUT2D eigenvalue weighted by Gasteiger charge is -2.20. The highest BCUT2D eigenvalue weighted by Gasteiger charge is 2.13. The summed E-state index contributed by atoms with van der Waals surface area (Å²) in [6.45, 7) is 0.509. The van der Waals surface area contributed by atoms with E-state index in [0.29, 0.717) is 17.2 Å². The van der Waals surface area contributed by atoms with Gasteiger partial charge in [0.15, 0.2) is 0 Å². The van der Waals surface area contributed by atoms with Crippen LogP contribution in [0.3, 0.4) is 0 Å². The van der Waals surface area contributed by atoms with Gasteiger partial charge in [-0.25, -0.2) is 0 Å². The molecule has 1 N–H and O–H groups in total. The molecule has 112 valence electrons. The van der Waals surface area contributed by atoms with Crippen LogP contribution in [0.25, 0.3) is 0 Å². The van der Waals surface area contributed by atoms with Gasteiger partial charge in [0.2, 0.25) is 5.91 Å². The number of nitrogens with zero attached hydrogens (tertiary/aromatic N) is 1. The van der Waals surface area contributed by atoms with E-state index >= 15 is 0 Å². The van der Waals surface area contributed by atoms with E-state index in [1.807, 2.05) is 24.3 Å². The van der Waals surface area contributed by atoms with Crippen LogP contribution in [0.15, 0.2) is 29.2 Å². The van der Waals surface area contributed by atoms with Gasteiger partial charge in [-0.2, -0.15) is 0 Å². The summed E-state index contributed by atoms with van der Waals surface area (Å²) in [5.74, 6) is 0.660. The highest BCUT2D eigenvalue weighted by atomic mass is 35.5. The van der Waals surface area contributed by atoms with Gasteiger partial charge in [0.05, 0.1) is 17.7 Å². The van der Waals surface area contributed by atoms with Crippen LogP contribution < -0.4 is 0 Å². The highest BCUT2D eigenvalue weighted by molar-refractivity contribution is 7.99. The van der Waals surface area contributed by atoms with Crippen molar-refractivity contribution in [3.63, 3.8) is 0 Å². The molecule has 20 heavy (non-hydrogen) atoms. The van der Waals surface area contributed by atoms with Crippen LogP contribution >= 0.6 is 23.4 Å². The molecule has 1 aromatic carbocycles. The summed E-state index contributed by atoms with van der Waals surface area (Å²) in [7, 11) is 3.20. The van der Waals surface area contributed by atoms with Crippen LogP contribution in [0.2, 0.25) is 5.02 Å². The first-order chi connectivity index (χ1) is 9.54. The highest BCUT2D eigenvalue weighted by Crippen LogP contribution is 2.26. The number of carbonyl (C=O) groups excluding carboxylic acids is 1. The first kappa shape index (κ1) is 17.3. The van der Waals surface area contributed by atoms with E-state index in [1.54, 1.807) is 18.8 Å². The molecular formula is C14H20ClNO3S. The number of ether oxygens (including phenoxy) is 1. The maximum absolute atomic E-state index is 11.9. The molecular weight excluding hydrogens is 298 g/mol. The van der Waals surface area contributed by atoms with Crippen molar-refractivity contribution in [2.24, 2.45) is 0 Å². The molecule has 6 heteroatoms. The Kier molecular flexibility index (Phi) is 7.99. The lowest BCUT2D eigenvalue weighted by Crippen LogP contribution is -2.36. The molecule has 1 atom stereocenters. The zero-order valence-corrected chi connectivity index (χ0v) is 13.3. The maximum atomic E-state index is 11.9. The third kappa shape index (κ3) is 6.13. The Morgan fingerprint density at radius 3 is 2.85 bits per heavy atom. The van der Waals surface area contributed by atoms with Crippen molar-refractivity contribution in [1.82, 2.24) is 4.90 Å². The van der Waals surface area contributed by atoms with Gasteiger partial charge in [0, 0.05) is 37.8 Å². The second-order valence-electron chi connectivity index (χ2n) is 4.41. The minimum absolute atomic E-state index is 0.000272. The molecule has 1 aromatic rings. The van der Waals surface area contributed by atoms with Crippen molar-refractivity contribution in [2.75, 3.05) is 33.1 Å². The summed E-state index contributed by atoms with van der Waals surface area (Å²) in [6.07, 6.45) is -0.239.